The molecule has 0 radical (unpaired) electrons. The van der Waals surface area contributed by atoms with E-state index in [0.29, 0.717) is 0 Å². The average molecular weight is 302 g/mol. The first kappa shape index (κ1) is 15.2. The lowest BCUT2D eigenvalue weighted by Gasteiger charge is -2.39. The van der Waals surface area contributed by atoms with Crippen LogP contribution in [0.1, 0.15) is 5.56 Å². The summed E-state index contributed by atoms with van der Waals surface area (Å²) in [5.41, 5.74) is 1.14. The first-order chi connectivity index (χ1) is 9.13. The molecule has 0 spiro atoms. The molecular formula is C13H18O4S2. The fourth-order valence-corrected chi connectivity index (χ4v) is 4.89. The third kappa shape index (κ3) is 3.65. The van der Waals surface area contributed by atoms with Crippen LogP contribution in [0.2, 0.25) is 0 Å². The number of hydrogen-bond acceptors (Lipinski definition) is 6. The Balaban J connectivity index is 1.95. The quantitative estimate of drug-likeness (QED) is 0.646. The normalized spacial score (nSPS) is 35.3. The number of hydrogen-bond donors (Lipinski definition) is 4. The van der Waals surface area contributed by atoms with Gasteiger partial charge in [-0.25, -0.2) is 0 Å². The van der Waals surface area contributed by atoms with E-state index in [2.05, 4.69) is 0 Å². The van der Waals surface area contributed by atoms with Gasteiger partial charge >= 0.3 is 0 Å². The van der Waals surface area contributed by atoms with Crippen molar-refractivity contribution in [2.24, 2.45) is 0 Å². The van der Waals surface area contributed by atoms with Gasteiger partial charge in [0.2, 0.25) is 0 Å². The van der Waals surface area contributed by atoms with Crippen molar-refractivity contribution in [2.45, 2.75) is 33.9 Å². The SMILES string of the molecule is OC[C@@H]1SC(SCc2ccccc2)[C@H](O)[C@@H](O)[C@@H]1O. The summed E-state index contributed by atoms with van der Waals surface area (Å²) in [5.74, 6) is 0.719. The highest BCUT2D eigenvalue weighted by Gasteiger charge is 2.43. The molecule has 1 aromatic carbocycles. The Kier molecular flexibility index (Phi) is 5.56. The zero-order valence-electron chi connectivity index (χ0n) is 10.3. The van der Waals surface area contributed by atoms with Crippen molar-refractivity contribution >= 4 is 23.5 Å². The second-order valence-electron chi connectivity index (χ2n) is 4.49. The zero-order chi connectivity index (χ0) is 13.8. The Bertz CT molecular complexity index is 387. The van der Waals surface area contributed by atoms with Crippen LogP contribution in [0.4, 0.5) is 0 Å². The van der Waals surface area contributed by atoms with Crippen LogP contribution in [0.5, 0.6) is 0 Å². The molecule has 1 aliphatic heterocycles. The largest absolute Gasteiger partial charge is 0.395 e. The molecule has 1 unspecified atom stereocenters. The van der Waals surface area contributed by atoms with Crippen LogP contribution in [0.15, 0.2) is 30.3 Å². The molecule has 1 aromatic rings. The summed E-state index contributed by atoms with van der Waals surface area (Å²) in [6, 6.07) is 9.86. The Morgan fingerprint density at radius 1 is 1.00 bits per heavy atom. The summed E-state index contributed by atoms with van der Waals surface area (Å²) in [4.78, 5) is 0. The molecule has 4 N–H and O–H groups in total. The lowest BCUT2D eigenvalue weighted by Crippen LogP contribution is -2.53. The van der Waals surface area contributed by atoms with Crippen molar-refractivity contribution in [3.8, 4) is 0 Å². The lowest BCUT2D eigenvalue weighted by molar-refractivity contribution is -0.0624. The second-order valence-corrected chi connectivity index (χ2v) is 7.31. The molecule has 19 heavy (non-hydrogen) atoms. The van der Waals surface area contributed by atoms with E-state index in [-0.39, 0.29) is 11.2 Å². The fraction of sp³-hybridized carbons (Fsp3) is 0.538. The van der Waals surface area contributed by atoms with Gasteiger partial charge in [0.25, 0.3) is 0 Å². The maximum Gasteiger partial charge on any atom is 0.109 e. The number of aliphatic hydroxyl groups excluding tert-OH is 4. The fourth-order valence-electron chi connectivity index (χ4n) is 1.96. The monoisotopic (exact) mass is 302 g/mol. The maximum absolute atomic E-state index is 9.97. The number of benzene rings is 1. The van der Waals surface area contributed by atoms with E-state index in [9.17, 15) is 20.4 Å². The van der Waals surface area contributed by atoms with Crippen molar-refractivity contribution in [1.29, 1.82) is 0 Å². The summed E-state index contributed by atoms with van der Waals surface area (Å²) >= 11 is 2.84. The summed E-state index contributed by atoms with van der Waals surface area (Å²) in [6.07, 6.45) is -3.28. The van der Waals surface area contributed by atoms with Crippen molar-refractivity contribution < 1.29 is 20.4 Å². The van der Waals surface area contributed by atoms with Crippen LogP contribution < -0.4 is 0 Å². The van der Waals surface area contributed by atoms with Crippen LogP contribution in [-0.4, -0.2) is 55.2 Å². The molecule has 0 aromatic heterocycles. The highest BCUT2D eigenvalue weighted by atomic mass is 32.2. The smallest absolute Gasteiger partial charge is 0.109 e. The van der Waals surface area contributed by atoms with Gasteiger partial charge in [-0.05, 0) is 5.56 Å². The third-order valence-electron chi connectivity index (χ3n) is 3.11. The van der Waals surface area contributed by atoms with Gasteiger partial charge in [-0.1, -0.05) is 30.3 Å². The van der Waals surface area contributed by atoms with E-state index in [1.165, 1.54) is 23.5 Å². The van der Waals surface area contributed by atoms with Crippen molar-refractivity contribution in [2.75, 3.05) is 6.61 Å². The van der Waals surface area contributed by atoms with Gasteiger partial charge in [-0.15, -0.1) is 23.5 Å². The summed E-state index contributed by atoms with van der Waals surface area (Å²) < 4.78 is -0.254. The molecule has 106 valence electrons. The molecule has 1 saturated heterocycles. The minimum Gasteiger partial charge on any atom is -0.395 e. The van der Waals surface area contributed by atoms with Crippen LogP contribution in [0.25, 0.3) is 0 Å². The lowest BCUT2D eigenvalue weighted by atomic mass is 10.1. The Morgan fingerprint density at radius 2 is 1.68 bits per heavy atom. The molecule has 6 heteroatoms. The summed E-state index contributed by atoms with van der Waals surface area (Å²) in [7, 11) is 0. The maximum atomic E-state index is 9.97. The Labute approximate surface area is 120 Å². The molecular weight excluding hydrogens is 284 g/mol. The number of rotatable bonds is 4. The molecule has 4 nitrogen and oxygen atoms in total. The van der Waals surface area contributed by atoms with Crippen LogP contribution in [-0.2, 0) is 5.75 Å². The van der Waals surface area contributed by atoms with Crippen molar-refractivity contribution in [1.82, 2.24) is 0 Å². The van der Waals surface area contributed by atoms with Gasteiger partial charge in [0.15, 0.2) is 0 Å². The number of aliphatic hydroxyl groups is 4. The van der Waals surface area contributed by atoms with Gasteiger partial charge < -0.3 is 20.4 Å². The minimum atomic E-state index is -1.20. The van der Waals surface area contributed by atoms with Crippen LogP contribution in [0, 0.1) is 0 Å². The molecule has 5 atom stereocenters. The molecule has 0 bridgehead atoms. The van der Waals surface area contributed by atoms with E-state index in [4.69, 9.17) is 0 Å². The van der Waals surface area contributed by atoms with E-state index in [0.717, 1.165) is 11.3 Å². The van der Waals surface area contributed by atoms with E-state index < -0.39 is 23.6 Å². The first-order valence-electron chi connectivity index (χ1n) is 6.09. The molecule has 1 fully saturated rings. The van der Waals surface area contributed by atoms with Gasteiger partial charge in [0, 0.05) is 5.75 Å². The Morgan fingerprint density at radius 3 is 2.32 bits per heavy atom. The van der Waals surface area contributed by atoms with Gasteiger partial charge in [0.05, 0.1) is 22.5 Å². The van der Waals surface area contributed by atoms with Crippen LogP contribution >= 0.6 is 23.5 Å². The highest BCUT2D eigenvalue weighted by molar-refractivity contribution is 8.17. The van der Waals surface area contributed by atoms with Gasteiger partial charge in [-0.2, -0.15) is 0 Å². The molecule has 0 aliphatic carbocycles. The average Bonchev–Trinajstić information content (AvgIpc) is 2.45. The topological polar surface area (TPSA) is 80.9 Å². The van der Waals surface area contributed by atoms with Gasteiger partial charge in [-0.3, -0.25) is 0 Å². The van der Waals surface area contributed by atoms with E-state index in [1.807, 2.05) is 30.3 Å². The molecule has 1 aliphatic rings. The first-order valence-corrected chi connectivity index (χ1v) is 8.08. The Hall–Kier alpha value is -0.240. The predicted molar refractivity (Wildman–Crippen MR) is 78.0 cm³/mol. The molecule has 0 saturated carbocycles. The highest BCUT2D eigenvalue weighted by Crippen LogP contribution is 2.39. The van der Waals surface area contributed by atoms with E-state index in [1.54, 1.807) is 0 Å². The second kappa shape index (κ2) is 6.97. The van der Waals surface area contributed by atoms with Crippen LogP contribution in [0.3, 0.4) is 0 Å². The zero-order valence-corrected chi connectivity index (χ0v) is 11.9. The third-order valence-corrected chi connectivity index (χ3v) is 6.28. The summed E-state index contributed by atoms with van der Waals surface area (Å²) in [5, 5.41) is 38.2. The molecule has 1 heterocycles. The van der Waals surface area contributed by atoms with Gasteiger partial charge in [0.1, 0.15) is 12.2 Å². The molecule has 2 rings (SSSR count). The standard InChI is InChI=1S/C13H18O4S2/c14-6-9-10(15)11(16)12(17)13(19-9)18-7-8-4-2-1-3-5-8/h1-5,9-17H,6-7H2/t9-,10+,11-,12+,13?/m0/s1. The van der Waals surface area contributed by atoms with E-state index >= 15 is 0 Å². The van der Waals surface area contributed by atoms with Crippen molar-refractivity contribution in [3.63, 3.8) is 0 Å². The summed E-state index contributed by atoms with van der Waals surface area (Å²) in [6.45, 7) is -0.210. The minimum absolute atomic E-state index is 0.210. The predicted octanol–water partition coefficient (Wildman–Crippen LogP) is 0.436. The molecule has 0 amide bonds. The van der Waals surface area contributed by atoms with Crippen molar-refractivity contribution in [3.05, 3.63) is 35.9 Å². The number of thioether (sulfide) groups is 2.